The number of urea groups is 1. The summed E-state index contributed by atoms with van der Waals surface area (Å²) in [5.41, 5.74) is 0. The van der Waals surface area contributed by atoms with Gasteiger partial charge in [0.1, 0.15) is 6.04 Å². The quantitative estimate of drug-likeness (QED) is 0.641. The Balaban J connectivity index is 4.02. The first kappa shape index (κ1) is 14.8. The number of amides is 2. The average Bonchev–Trinajstić information content (AvgIpc) is 2.20. The number of hydrogen-bond donors (Lipinski definition) is 3. The number of hydrogen-bond acceptors (Lipinski definition) is 2. The van der Waals surface area contributed by atoms with E-state index in [-0.39, 0.29) is 11.6 Å². The van der Waals surface area contributed by atoms with Gasteiger partial charge >= 0.3 is 12.0 Å². The van der Waals surface area contributed by atoms with E-state index in [1.54, 1.807) is 0 Å². The number of carboxylic acids is 1. The van der Waals surface area contributed by atoms with Gasteiger partial charge in [-0.2, -0.15) is 0 Å². The number of unbranched alkanes of at least 4 members (excludes halogenated alkanes) is 1. The Hall–Kier alpha value is -1.23. The fraction of sp³-hybridized carbons (Fsp3) is 0.600. The number of carbonyl (C=O) groups is 2. The van der Waals surface area contributed by atoms with E-state index in [0.717, 1.165) is 12.8 Å². The zero-order valence-electron chi connectivity index (χ0n) is 9.25. The molecule has 0 aliphatic heterocycles. The summed E-state index contributed by atoms with van der Waals surface area (Å²) in [5, 5.41) is 13.9. The van der Waals surface area contributed by atoms with E-state index in [0.29, 0.717) is 6.42 Å². The van der Waals surface area contributed by atoms with Crippen molar-refractivity contribution in [3.05, 3.63) is 11.6 Å². The van der Waals surface area contributed by atoms with Gasteiger partial charge in [0.05, 0.1) is 6.54 Å². The SMILES string of the molecule is C=C(Cl)CNC(=O)N[C@@H](CCCC)C(=O)O. The van der Waals surface area contributed by atoms with Gasteiger partial charge in [-0.15, -0.1) is 0 Å². The van der Waals surface area contributed by atoms with Gasteiger partial charge in [0.25, 0.3) is 0 Å². The molecule has 0 aliphatic carbocycles. The van der Waals surface area contributed by atoms with Crippen molar-refractivity contribution < 1.29 is 14.7 Å². The Morgan fingerprint density at radius 3 is 2.56 bits per heavy atom. The smallest absolute Gasteiger partial charge is 0.326 e. The maximum absolute atomic E-state index is 11.2. The molecule has 0 unspecified atom stereocenters. The van der Waals surface area contributed by atoms with Crippen LogP contribution in [0.15, 0.2) is 11.6 Å². The van der Waals surface area contributed by atoms with E-state index < -0.39 is 18.0 Å². The van der Waals surface area contributed by atoms with E-state index >= 15 is 0 Å². The first-order chi connectivity index (χ1) is 7.47. The topological polar surface area (TPSA) is 78.4 Å². The summed E-state index contributed by atoms with van der Waals surface area (Å²) < 4.78 is 0. The highest BCUT2D eigenvalue weighted by atomic mass is 35.5. The standard InChI is InChI=1S/C10H17ClN2O3/c1-3-4-5-8(9(14)15)13-10(16)12-6-7(2)11/h8H,2-6H2,1H3,(H,14,15)(H2,12,13,16)/t8-/m0/s1. The molecule has 0 rings (SSSR count). The Bertz CT molecular complexity index is 269. The van der Waals surface area contributed by atoms with Gasteiger partial charge in [-0.05, 0) is 6.42 Å². The highest BCUT2D eigenvalue weighted by Gasteiger charge is 2.18. The van der Waals surface area contributed by atoms with Gasteiger partial charge in [-0.25, -0.2) is 9.59 Å². The van der Waals surface area contributed by atoms with Gasteiger partial charge in [0, 0.05) is 5.03 Å². The molecule has 0 aliphatic rings. The Labute approximate surface area is 99.9 Å². The van der Waals surface area contributed by atoms with Crippen molar-refractivity contribution in [1.82, 2.24) is 10.6 Å². The molecule has 0 radical (unpaired) electrons. The van der Waals surface area contributed by atoms with Crippen LogP contribution < -0.4 is 10.6 Å². The van der Waals surface area contributed by atoms with Crippen LogP contribution >= 0.6 is 11.6 Å². The molecule has 0 spiro atoms. The third-order valence-electron chi connectivity index (χ3n) is 1.89. The van der Waals surface area contributed by atoms with Crippen LogP contribution in [0.1, 0.15) is 26.2 Å². The predicted molar refractivity (Wildman–Crippen MR) is 62.5 cm³/mol. The molecule has 0 aromatic heterocycles. The zero-order valence-corrected chi connectivity index (χ0v) is 10.0. The van der Waals surface area contributed by atoms with Crippen molar-refractivity contribution in [2.24, 2.45) is 0 Å². The normalized spacial score (nSPS) is 11.6. The minimum Gasteiger partial charge on any atom is -0.480 e. The highest BCUT2D eigenvalue weighted by Crippen LogP contribution is 2.00. The van der Waals surface area contributed by atoms with Gasteiger partial charge in [0.15, 0.2) is 0 Å². The van der Waals surface area contributed by atoms with Crippen molar-refractivity contribution in [3.8, 4) is 0 Å². The van der Waals surface area contributed by atoms with Crippen LogP contribution in [0.25, 0.3) is 0 Å². The first-order valence-corrected chi connectivity index (χ1v) is 5.45. The molecule has 6 heteroatoms. The molecule has 0 aromatic rings. The lowest BCUT2D eigenvalue weighted by atomic mass is 10.1. The fourth-order valence-corrected chi connectivity index (χ4v) is 1.12. The van der Waals surface area contributed by atoms with Crippen LogP contribution in [-0.4, -0.2) is 29.7 Å². The molecule has 0 saturated carbocycles. The number of carboxylic acid groups (broad SMARTS) is 1. The second-order valence-electron chi connectivity index (χ2n) is 3.38. The van der Waals surface area contributed by atoms with Crippen molar-refractivity contribution in [2.45, 2.75) is 32.2 Å². The third-order valence-corrected chi connectivity index (χ3v) is 2.02. The van der Waals surface area contributed by atoms with E-state index in [4.69, 9.17) is 16.7 Å². The summed E-state index contributed by atoms with van der Waals surface area (Å²) in [4.78, 5) is 22.0. The number of carbonyl (C=O) groups excluding carboxylic acids is 1. The van der Waals surface area contributed by atoms with E-state index in [1.807, 2.05) is 6.92 Å². The average molecular weight is 249 g/mol. The van der Waals surface area contributed by atoms with Crippen molar-refractivity contribution in [3.63, 3.8) is 0 Å². The molecule has 92 valence electrons. The maximum atomic E-state index is 11.2. The molecule has 16 heavy (non-hydrogen) atoms. The van der Waals surface area contributed by atoms with Crippen LogP contribution in [0.4, 0.5) is 4.79 Å². The van der Waals surface area contributed by atoms with Gasteiger partial charge in [-0.1, -0.05) is 37.9 Å². The molecule has 0 fully saturated rings. The highest BCUT2D eigenvalue weighted by molar-refractivity contribution is 6.29. The minimum absolute atomic E-state index is 0.119. The molecule has 0 aromatic carbocycles. The van der Waals surface area contributed by atoms with Crippen LogP contribution in [0.3, 0.4) is 0 Å². The van der Waals surface area contributed by atoms with Crippen LogP contribution in [0.5, 0.6) is 0 Å². The number of rotatable bonds is 7. The summed E-state index contributed by atoms with van der Waals surface area (Å²) in [6, 6.07) is -1.41. The van der Waals surface area contributed by atoms with Crippen molar-refractivity contribution in [1.29, 1.82) is 0 Å². The number of aliphatic carboxylic acids is 1. The van der Waals surface area contributed by atoms with Gasteiger partial charge in [-0.3, -0.25) is 0 Å². The van der Waals surface area contributed by atoms with Gasteiger partial charge < -0.3 is 15.7 Å². The lowest BCUT2D eigenvalue weighted by molar-refractivity contribution is -0.139. The van der Waals surface area contributed by atoms with E-state index in [1.165, 1.54) is 0 Å². The summed E-state index contributed by atoms with van der Waals surface area (Å²) >= 11 is 5.45. The fourth-order valence-electron chi connectivity index (χ4n) is 1.05. The molecule has 0 heterocycles. The summed E-state index contributed by atoms with van der Waals surface area (Å²) in [5.74, 6) is -1.03. The Morgan fingerprint density at radius 2 is 2.12 bits per heavy atom. The molecule has 0 saturated heterocycles. The van der Waals surface area contributed by atoms with Crippen molar-refractivity contribution >= 4 is 23.6 Å². The molecule has 3 N–H and O–H groups in total. The van der Waals surface area contributed by atoms with Gasteiger partial charge in [0.2, 0.25) is 0 Å². The maximum Gasteiger partial charge on any atom is 0.326 e. The molecule has 5 nitrogen and oxygen atoms in total. The first-order valence-electron chi connectivity index (χ1n) is 5.07. The summed E-state index contributed by atoms with van der Waals surface area (Å²) in [7, 11) is 0. The number of halogens is 1. The van der Waals surface area contributed by atoms with Crippen LogP contribution in [0, 0.1) is 0 Å². The minimum atomic E-state index is -1.03. The Morgan fingerprint density at radius 1 is 1.50 bits per heavy atom. The predicted octanol–water partition coefficient (Wildman–Crippen LogP) is 1.68. The van der Waals surface area contributed by atoms with Crippen LogP contribution in [-0.2, 0) is 4.79 Å². The molecule has 2 amide bonds. The number of nitrogens with one attached hydrogen (secondary N) is 2. The largest absolute Gasteiger partial charge is 0.480 e. The lowest BCUT2D eigenvalue weighted by Crippen LogP contribution is -2.46. The van der Waals surface area contributed by atoms with E-state index in [2.05, 4.69) is 17.2 Å². The summed E-state index contributed by atoms with van der Waals surface area (Å²) in [6.07, 6.45) is 2.05. The van der Waals surface area contributed by atoms with Crippen LogP contribution in [0.2, 0.25) is 0 Å². The lowest BCUT2D eigenvalue weighted by Gasteiger charge is -2.14. The summed E-state index contributed by atoms with van der Waals surface area (Å²) in [6.45, 7) is 5.47. The molecule has 1 atom stereocenters. The van der Waals surface area contributed by atoms with Crippen molar-refractivity contribution in [2.75, 3.05) is 6.54 Å². The molecular weight excluding hydrogens is 232 g/mol. The molecule has 0 bridgehead atoms. The second-order valence-corrected chi connectivity index (χ2v) is 3.91. The van der Waals surface area contributed by atoms with E-state index in [9.17, 15) is 9.59 Å². The zero-order chi connectivity index (χ0) is 12.6. The Kier molecular flexibility index (Phi) is 7.37. The molecular formula is C10H17ClN2O3. The second kappa shape index (κ2) is 7.98. The third kappa shape index (κ3) is 7.11. The monoisotopic (exact) mass is 248 g/mol.